The summed E-state index contributed by atoms with van der Waals surface area (Å²) in [6, 6.07) is 0. The van der Waals surface area contributed by atoms with E-state index in [1.54, 1.807) is 0 Å². The van der Waals surface area contributed by atoms with E-state index in [0.717, 1.165) is 0 Å². The minimum absolute atomic E-state index is 0.312. The summed E-state index contributed by atoms with van der Waals surface area (Å²) in [6.07, 6.45) is -2.56. The first-order chi connectivity index (χ1) is 7.77. The monoisotopic (exact) mass is 242 g/mol. The molecule has 2 atom stereocenters. The van der Waals surface area contributed by atoms with Gasteiger partial charge in [0.15, 0.2) is 11.6 Å². The molecule has 0 rings (SSSR count). The molecule has 96 valence electrons. The number of rotatable bonds is 8. The number of Topliss-reactive ketones (excluding diaryl/α,β-unsaturated/α-hetero) is 2. The van der Waals surface area contributed by atoms with Crippen molar-refractivity contribution in [1.82, 2.24) is 0 Å². The van der Waals surface area contributed by atoms with Gasteiger partial charge in [0, 0.05) is 0 Å². The van der Waals surface area contributed by atoms with E-state index >= 15 is 0 Å². The summed E-state index contributed by atoms with van der Waals surface area (Å²) in [4.78, 5) is 22.5. The molecule has 0 aromatic carbocycles. The molecular formula is C12H18O5. The summed E-state index contributed by atoms with van der Waals surface area (Å²) < 4.78 is 4.80. The summed E-state index contributed by atoms with van der Waals surface area (Å²) in [5.41, 5.74) is 0.624. The molecule has 0 spiro atoms. The van der Waals surface area contributed by atoms with Gasteiger partial charge in [-0.25, -0.2) is 0 Å². The molecule has 0 fully saturated rings. The SMILES string of the molecule is C=C(C)C(O)C(=O)COCC(=O)C(O)C(=C)C. The van der Waals surface area contributed by atoms with Crippen LogP contribution in [0.25, 0.3) is 0 Å². The number of hydrogen-bond acceptors (Lipinski definition) is 5. The third-order valence-electron chi connectivity index (χ3n) is 2.03. The van der Waals surface area contributed by atoms with Crippen molar-refractivity contribution in [2.45, 2.75) is 26.1 Å². The molecule has 0 aromatic heterocycles. The van der Waals surface area contributed by atoms with Crippen LogP contribution in [-0.4, -0.2) is 47.2 Å². The molecule has 0 saturated heterocycles. The topological polar surface area (TPSA) is 83.8 Å². The fraction of sp³-hybridized carbons (Fsp3) is 0.500. The summed E-state index contributed by atoms with van der Waals surface area (Å²) in [5, 5.41) is 18.6. The highest BCUT2D eigenvalue weighted by atomic mass is 16.5. The standard InChI is InChI=1S/C12H18O5/c1-7(2)11(15)9(13)5-17-6-10(14)12(16)8(3)4/h11-12,15-16H,1,3,5-6H2,2,4H3. The zero-order valence-electron chi connectivity index (χ0n) is 10.1. The lowest BCUT2D eigenvalue weighted by molar-refractivity contribution is -0.135. The smallest absolute Gasteiger partial charge is 0.190 e. The Balaban J connectivity index is 4.00. The number of aliphatic hydroxyl groups is 2. The number of ether oxygens (including phenoxy) is 1. The average Bonchev–Trinajstić information content (AvgIpc) is 2.26. The van der Waals surface area contributed by atoms with Crippen molar-refractivity contribution >= 4 is 11.6 Å². The average molecular weight is 242 g/mol. The van der Waals surface area contributed by atoms with Crippen molar-refractivity contribution in [2.24, 2.45) is 0 Å². The van der Waals surface area contributed by atoms with E-state index < -0.39 is 37.0 Å². The quantitative estimate of drug-likeness (QED) is 0.586. The molecule has 0 aromatic rings. The van der Waals surface area contributed by atoms with Crippen LogP contribution in [0.1, 0.15) is 13.8 Å². The van der Waals surface area contributed by atoms with E-state index in [1.165, 1.54) is 13.8 Å². The van der Waals surface area contributed by atoms with Gasteiger partial charge in [0.25, 0.3) is 0 Å². The van der Waals surface area contributed by atoms with Gasteiger partial charge in [-0.05, 0) is 25.0 Å². The first-order valence-electron chi connectivity index (χ1n) is 5.07. The van der Waals surface area contributed by atoms with Crippen LogP contribution in [0.15, 0.2) is 24.3 Å². The van der Waals surface area contributed by atoms with E-state index in [2.05, 4.69) is 13.2 Å². The summed E-state index contributed by atoms with van der Waals surface area (Å²) >= 11 is 0. The van der Waals surface area contributed by atoms with Crippen LogP contribution in [0.3, 0.4) is 0 Å². The fourth-order valence-corrected chi connectivity index (χ4v) is 0.960. The maximum absolute atomic E-state index is 11.2. The molecule has 0 amide bonds. The molecule has 0 aliphatic rings. The number of carbonyl (C=O) groups is 2. The minimum Gasteiger partial charge on any atom is -0.381 e. The van der Waals surface area contributed by atoms with Crippen LogP contribution in [0, 0.1) is 0 Å². The van der Waals surface area contributed by atoms with Crippen molar-refractivity contribution < 1.29 is 24.5 Å². The Morgan fingerprint density at radius 1 is 1.00 bits per heavy atom. The lowest BCUT2D eigenvalue weighted by Gasteiger charge is -2.11. The van der Waals surface area contributed by atoms with E-state index in [4.69, 9.17) is 4.74 Å². The molecule has 0 aliphatic heterocycles. The van der Waals surface area contributed by atoms with Gasteiger partial charge >= 0.3 is 0 Å². The third kappa shape index (κ3) is 5.53. The zero-order chi connectivity index (χ0) is 13.6. The summed E-state index contributed by atoms with van der Waals surface area (Å²) in [6.45, 7) is 9.08. The van der Waals surface area contributed by atoms with E-state index in [-0.39, 0.29) is 0 Å². The van der Waals surface area contributed by atoms with Gasteiger partial charge in [0.1, 0.15) is 25.4 Å². The van der Waals surface area contributed by atoms with Crippen molar-refractivity contribution in [3.63, 3.8) is 0 Å². The Morgan fingerprint density at radius 3 is 1.53 bits per heavy atom. The number of ketones is 2. The second-order valence-corrected chi connectivity index (χ2v) is 3.92. The van der Waals surface area contributed by atoms with Gasteiger partial charge in [-0.1, -0.05) is 13.2 Å². The predicted octanol–water partition coefficient (Wildman–Crippen LogP) is 0.0152. The highest BCUT2D eigenvalue weighted by molar-refractivity contribution is 5.88. The maximum Gasteiger partial charge on any atom is 0.190 e. The Morgan fingerprint density at radius 2 is 1.29 bits per heavy atom. The van der Waals surface area contributed by atoms with Crippen LogP contribution in [-0.2, 0) is 14.3 Å². The van der Waals surface area contributed by atoms with E-state index in [0.29, 0.717) is 11.1 Å². The second kappa shape index (κ2) is 7.11. The van der Waals surface area contributed by atoms with Gasteiger partial charge in [-0.3, -0.25) is 9.59 Å². The molecule has 0 saturated carbocycles. The fourth-order valence-electron chi connectivity index (χ4n) is 0.960. The number of carbonyl (C=O) groups excluding carboxylic acids is 2. The maximum atomic E-state index is 11.2. The molecular weight excluding hydrogens is 224 g/mol. The normalized spacial score (nSPS) is 13.9. The van der Waals surface area contributed by atoms with Gasteiger partial charge < -0.3 is 14.9 Å². The van der Waals surface area contributed by atoms with Gasteiger partial charge in [0.05, 0.1) is 0 Å². The van der Waals surface area contributed by atoms with Crippen LogP contribution < -0.4 is 0 Å². The molecule has 5 nitrogen and oxygen atoms in total. The first-order valence-corrected chi connectivity index (χ1v) is 5.07. The molecule has 0 aliphatic carbocycles. The molecule has 5 heteroatoms. The predicted molar refractivity (Wildman–Crippen MR) is 62.5 cm³/mol. The minimum atomic E-state index is -1.28. The van der Waals surface area contributed by atoms with Crippen molar-refractivity contribution in [3.8, 4) is 0 Å². The van der Waals surface area contributed by atoms with Crippen LogP contribution in [0.4, 0.5) is 0 Å². The molecule has 0 radical (unpaired) electrons. The lowest BCUT2D eigenvalue weighted by atomic mass is 10.1. The lowest BCUT2D eigenvalue weighted by Crippen LogP contribution is -2.30. The second-order valence-electron chi connectivity index (χ2n) is 3.92. The molecule has 2 N–H and O–H groups in total. The molecule has 2 unspecified atom stereocenters. The molecule has 0 bridgehead atoms. The van der Waals surface area contributed by atoms with Crippen molar-refractivity contribution in [3.05, 3.63) is 24.3 Å². The van der Waals surface area contributed by atoms with Gasteiger partial charge in [0.2, 0.25) is 0 Å². The zero-order valence-corrected chi connectivity index (χ0v) is 10.1. The van der Waals surface area contributed by atoms with Crippen molar-refractivity contribution in [1.29, 1.82) is 0 Å². The van der Waals surface area contributed by atoms with Crippen LogP contribution >= 0.6 is 0 Å². The Labute approximate surface area is 100 Å². The van der Waals surface area contributed by atoms with E-state index in [1.807, 2.05) is 0 Å². The first kappa shape index (κ1) is 15.7. The molecule has 17 heavy (non-hydrogen) atoms. The van der Waals surface area contributed by atoms with Crippen LogP contribution in [0.2, 0.25) is 0 Å². The highest BCUT2D eigenvalue weighted by Gasteiger charge is 2.18. The van der Waals surface area contributed by atoms with E-state index in [9.17, 15) is 19.8 Å². The third-order valence-corrected chi connectivity index (χ3v) is 2.03. The Hall–Kier alpha value is -1.30. The highest BCUT2D eigenvalue weighted by Crippen LogP contribution is 2.01. The van der Waals surface area contributed by atoms with Gasteiger partial charge in [-0.15, -0.1) is 0 Å². The number of hydrogen-bond donors (Lipinski definition) is 2. The molecule has 0 heterocycles. The summed E-state index contributed by atoms with van der Waals surface area (Å²) in [5.74, 6) is -1.15. The largest absolute Gasteiger partial charge is 0.381 e. The van der Waals surface area contributed by atoms with Gasteiger partial charge in [-0.2, -0.15) is 0 Å². The Bertz CT molecular complexity index is 300. The van der Waals surface area contributed by atoms with Crippen molar-refractivity contribution in [2.75, 3.05) is 13.2 Å². The van der Waals surface area contributed by atoms with Crippen LogP contribution in [0.5, 0.6) is 0 Å². The summed E-state index contributed by atoms with van der Waals surface area (Å²) in [7, 11) is 0. The number of aliphatic hydroxyl groups excluding tert-OH is 2. The Kier molecular flexibility index (Phi) is 6.57.